The Bertz CT molecular complexity index is 509. The Hall–Kier alpha value is -2.13. The van der Waals surface area contributed by atoms with Crippen LogP contribution in [0.2, 0.25) is 0 Å². The Kier molecular flexibility index (Phi) is 6.65. The van der Waals surface area contributed by atoms with E-state index in [9.17, 15) is 4.79 Å². The fourth-order valence-corrected chi connectivity index (χ4v) is 2.47. The van der Waals surface area contributed by atoms with Crippen LogP contribution in [0.25, 0.3) is 0 Å². The molecule has 3 nitrogen and oxygen atoms in total. The topological polar surface area (TPSA) is 49.3 Å². The first-order valence-corrected chi connectivity index (χ1v) is 7.80. The molecule has 1 saturated heterocycles. The Labute approximate surface area is 132 Å². The molecule has 0 saturated carbocycles. The summed E-state index contributed by atoms with van der Waals surface area (Å²) in [6.07, 6.45) is 4.04. The number of aryl methyl sites for hydroxylation is 2. The summed E-state index contributed by atoms with van der Waals surface area (Å²) in [5.74, 6) is -0.720. The fourth-order valence-electron chi connectivity index (χ4n) is 2.47. The van der Waals surface area contributed by atoms with Crippen molar-refractivity contribution >= 4 is 5.97 Å². The summed E-state index contributed by atoms with van der Waals surface area (Å²) in [5.41, 5.74) is 2.83. The van der Waals surface area contributed by atoms with E-state index in [0.717, 1.165) is 32.2 Å². The average Bonchev–Trinajstić information content (AvgIpc) is 3.10. The standard InChI is InChI=1S/C14H14.C5H9NO2/c1-3-7-13(8-4-1)11-12-14-9-5-2-6-10-14;7-5(8)4-2-1-3-6-4/h1-10H,11-12H2;4,6H,1-3H2,(H,7,8). The molecular formula is C19H23NO2. The zero-order valence-corrected chi connectivity index (χ0v) is 12.7. The molecular weight excluding hydrogens is 274 g/mol. The van der Waals surface area contributed by atoms with E-state index < -0.39 is 5.97 Å². The molecule has 0 amide bonds. The molecule has 2 aromatic carbocycles. The number of benzene rings is 2. The molecule has 1 atom stereocenters. The van der Waals surface area contributed by atoms with Crippen molar-refractivity contribution in [1.29, 1.82) is 0 Å². The summed E-state index contributed by atoms with van der Waals surface area (Å²) in [7, 11) is 0. The average molecular weight is 297 g/mol. The van der Waals surface area contributed by atoms with Gasteiger partial charge in [-0.05, 0) is 43.4 Å². The van der Waals surface area contributed by atoms with Crippen LogP contribution < -0.4 is 5.32 Å². The minimum Gasteiger partial charge on any atom is -0.480 e. The molecule has 22 heavy (non-hydrogen) atoms. The summed E-state index contributed by atoms with van der Waals surface area (Å²) in [4.78, 5) is 10.1. The summed E-state index contributed by atoms with van der Waals surface area (Å²) in [6, 6.07) is 21.0. The highest BCUT2D eigenvalue weighted by atomic mass is 16.4. The van der Waals surface area contributed by atoms with Gasteiger partial charge in [0.25, 0.3) is 0 Å². The molecule has 116 valence electrons. The molecule has 0 radical (unpaired) electrons. The van der Waals surface area contributed by atoms with E-state index in [1.54, 1.807) is 0 Å². The van der Waals surface area contributed by atoms with Crippen molar-refractivity contribution < 1.29 is 9.90 Å². The summed E-state index contributed by atoms with van der Waals surface area (Å²) in [5, 5.41) is 11.2. The summed E-state index contributed by atoms with van der Waals surface area (Å²) >= 11 is 0. The molecule has 0 aliphatic carbocycles. The molecule has 3 rings (SSSR count). The molecule has 1 aliphatic rings. The van der Waals surface area contributed by atoms with Crippen LogP contribution in [0.1, 0.15) is 24.0 Å². The van der Waals surface area contributed by atoms with E-state index in [2.05, 4.69) is 66.0 Å². The van der Waals surface area contributed by atoms with Crippen molar-refractivity contribution in [3.05, 3.63) is 71.8 Å². The van der Waals surface area contributed by atoms with Crippen molar-refractivity contribution in [2.75, 3.05) is 6.54 Å². The minimum absolute atomic E-state index is 0.269. The Morgan fingerprint density at radius 3 is 1.77 bits per heavy atom. The predicted octanol–water partition coefficient (Wildman–Crippen LogP) is 3.29. The van der Waals surface area contributed by atoms with E-state index >= 15 is 0 Å². The molecule has 1 heterocycles. The van der Waals surface area contributed by atoms with Gasteiger partial charge in [-0.25, -0.2) is 0 Å². The number of hydrogen-bond donors (Lipinski definition) is 2. The first-order valence-electron chi connectivity index (χ1n) is 7.80. The van der Waals surface area contributed by atoms with Crippen LogP contribution in [0.3, 0.4) is 0 Å². The molecule has 1 unspecified atom stereocenters. The smallest absolute Gasteiger partial charge is 0.320 e. The summed E-state index contributed by atoms with van der Waals surface area (Å²) < 4.78 is 0. The largest absolute Gasteiger partial charge is 0.480 e. The molecule has 2 N–H and O–H groups in total. The van der Waals surface area contributed by atoms with E-state index in [-0.39, 0.29) is 6.04 Å². The third-order valence-electron chi connectivity index (χ3n) is 3.75. The van der Waals surface area contributed by atoms with Crippen LogP contribution in [-0.4, -0.2) is 23.7 Å². The van der Waals surface area contributed by atoms with Gasteiger partial charge in [-0.1, -0.05) is 60.7 Å². The lowest BCUT2D eigenvalue weighted by Crippen LogP contribution is -2.29. The third kappa shape index (κ3) is 5.70. The van der Waals surface area contributed by atoms with E-state index in [4.69, 9.17) is 5.11 Å². The van der Waals surface area contributed by atoms with Crippen molar-refractivity contribution in [3.8, 4) is 0 Å². The second-order valence-electron chi connectivity index (χ2n) is 5.46. The number of hydrogen-bond acceptors (Lipinski definition) is 2. The Morgan fingerprint density at radius 1 is 0.955 bits per heavy atom. The molecule has 1 fully saturated rings. The maximum atomic E-state index is 10.1. The first kappa shape index (κ1) is 16.2. The van der Waals surface area contributed by atoms with E-state index in [1.165, 1.54) is 11.1 Å². The van der Waals surface area contributed by atoms with E-state index in [0.29, 0.717) is 0 Å². The quantitative estimate of drug-likeness (QED) is 0.910. The normalized spacial score (nSPS) is 16.6. The van der Waals surface area contributed by atoms with Crippen molar-refractivity contribution in [2.45, 2.75) is 31.7 Å². The number of carboxylic acids is 1. The maximum Gasteiger partial charge on any atom is 0.320 e. The van der Waals surface area contributed by atoms with Gasteiger partial charge in [0.2, 0.25) is 0 Å². The van der Waals surface area contributed by atoms with Gasteiger partial charge < -0.3 is 10.4 Å². The first-order chi connectivity index (χ1) is 10.8. The van der Waals surface area contributed by atoms with Gasteiger partial charge >= 0.3 is 5.97 Å². The SMILES string of the molecule is O=C(O)C1CCCN1.c1ccc(CCc2ccccc2)cc1. The van der Waals surface area contributed by atoms with Crippen LogP contribution in [0.5, 0.6) is 0 Å². The van der Waals surface area contributed by atoms with Crippen molar-refractivity contribution in [3.63, 3.8) is 0 Å². The minimum atomic E-state index is -0.720. The predicted molar refractivity (Wildman–Crippen MR) is 89.0 cm³/mol. The monoisotopic (exact) mass is 297 g/mol. The fraction of sp³-hybridized carbons (Fsp3) is 0.316. The second kappa shape index (κ2) is 9.00. The van der Waals surface area contributed by atoms with Crippen molar-refractivity contribution in [2.24, 2.45) is 0 Å². The van der Waals surface area contributed by atoms with Gasteiger partial charge in [0.05, 0.1) is 0 Å². The molecule has 0 bridgehead atoms. The van der Waals surface area contributed by atoms with Gasteiger partial charge in [-0.3, -0.25) is 4.79 Å². The van der Waals surface area contributed by atoms with Crippen LogP contribution in [0, 0.1) is 0 Å². The summed E-state index contributed by atoms with van der Waals surface area (Å²) in [6.45, 7) is 0.858. The Morgan fingerprint density at radius 2 is 1.45 bits per heavy atom. The lowest BCUT2D eigenvalue weighted by Gasteiger charge is -2.01. The lowest BCUT2D eigenvalue weighted by atomic mass is 10.0. The van der Waals surface area contributed by atoms with Crippen LogP contribution in [-0.2, 0) is 17.6 Å². The van der Waals surface area contributed by atoms with Crippen LogP contribution in [0.4, 0.5) is 0 Å². The van der Waals surface area contributed by atoms with E-state index in [1.807, 2.05) is 0 Å². The molecule has 2 aromatic rings. The second-order valence-corrected chi connectivity index (χ2v) is 5.46. The number of carbonyl (C=O) groups is 1. The number of nitrogens with one attached hydrogen (secondary N) is 1. The van der Waals surface area contributed by atoms with Gasteiger partial charge in [-0.15, -0.1) is 0 Å². The number of aliphatic carboxylic acids is 1. The lowest BCUT2D eigenvalue weighted by molar-refractivity contribution is -0.139. The van der Waals surface area contributed by atoms with Crippen LogP contribution in [0.15, 0.2) is 60.7 Å². The maximum absolute atomic E-state index is 10.1. The third-order valence-corrected chi connectivity index (χ3v) is 3.75. The molecule has 0 spiro atoms. The van der Waals surface area contributed by atoms with Gasteiger partial charge in [0.1, 0.15) is 6.04 Å². The Balaban J connectivity index is 0.000000188. The zero-order valence-electron chi connectivity index (χ0n) is 12.7. The zero-order chi connectivity index (χ0) is 15.6. The highest BCUT2D eigenvalue weighted by Gasteiger charge is 2.20. The van der Waals surface area contributed by atoms with Gasteiger partial charge in [0, 0.05) is 0 Å². The molecule has 3 heteroatoms. The van der Waals surface area contributed by atoms with Gasteiger partial charge in [0.15, 0.2) is 0 Å². The highest BCUT2D eigenvalue weighted by Crippen LogP contribution is 2.06. The van der Waals surface area contributed by atoms with Crippen LogP contribution >= 0.6 is 0 Å². The molecule has 0 aromatic heterocycles. The number of carboxylic acid groups (broad SMARTS) is 1. The number of rotatable bonds is 4. The van der Waals surface area contributed by atoms with Gasteiger partial charge in [-0.2, -0.15) is 0 Å². The molecule has 1 aliphatic heterocycles. The highest BCUT2D eigenvalue weighted by molar-refractivity contribution is 5.73. The van der Waals surface area contributed by atoms with Crippen molar-refractivity contribution in [1.82, 2.24) is 5.32 Å².